The number of H-pyrrole nitrogens is 1. The minimum atomic E-state index is 0.0240. The molecule has 1 aromatic rings. The first-order chi connectivity index (χ1) is 14.2. The van der Waals surface area contributed by atoms with Gasteiger partial charge in [0.25, 0.3) is 5.91 Å². The summed E-state index contributed by atoms with van der Waals surface area (Å²) in [6, 6.07) is 1.75. The molecule has 3 saturated heterocycles. The monoisotopic (exact) mass is 400 g/mol. The number of aromatic nitrogens is 1. The molecule has 1 amide bonds. The zero-order valence-electron chi connectivity index (χ0n) is 17.7. The lowest BCUT2D eigenvalue weighted by atomic mass is 9.95. The van der Waals surface area contributed by atoms with Gasteiger partial charge in [-0.2, -0.15) is 0 Å². The molecule has 6 heteroatoms. The Morgan fingerprint density at radius 1 is 0.862 bits per heavy atom. The van der Waals surface area contributed by atoms with Gasteiger partial charge < -0.3 is 14.8 Å². The molecule has 4 rings (SSSR count). The molecule has 0 aromatic carbocycles. The van der Waals surface area contributed by atoms with Crippen LogP contribution < -0.4 is 0 Å². The second kappa shape index (κ2) is 9.90. The van der Waals surface area contributed by atoms with E-state index in [0.29, 0.717) is 17.8 Å². The van der Waals surface area contributed by atoms with E-state index in [9.17, 15) is 9.59 Å². The van der Waals surface area contributed by atoms with Crippen molar-refractivity contribution in [2.45, 2.75) is 51.4 Å². The van der Waals surface area contributed by atoms with Crippen LogP contribution in [0, 0.1) is 5.92 Å². The predicted molar refractivity (Wildman–Crippen MR) is 114 cm³/mol. The minimum Gasteiger partial charge on any atom is -0.356 e. The molecule has 3 aliphatic heterocycles. The number of hydrogen-bond donors (Lipinski definition) is 1. The maximum absolute atomic E-state index is 12.7. The van der Waals surface area contributed by atoms with Gasteiger partial charge in [-0.15, -0.1) is 0 Å². The zero-order valence-corrected chi connectivity index (χ0v) is 17.7. The average Bonchev–Trinajstić information content (AvgIpc) is 3.38. The fraction of sp³-hybridized carbons (Fsp3) is 0.739. The summed E-state index contributed by atoms with van der Waals surface area (Å²) in [4.78, 5) is 35.0. The lowest BCUT2D eigenvalue weighted by Gasteiger charge is -2.34. The second-order valence-electron chi connectivity index (χ2n) is 9.16. The van der Waals surface area contributed by atoms with E-state index in [1.54, 1.807) is 12.3 Å². The minimum absolute atomic E-state index is 0.0240. The number of carbonyl (C=O) groups is 2. The van der Waals surface area contributed by atoms with Crippen LogP contribution in [-0.4, -0.2) is 83.7 Å². The Bertz CT molecular complexity index is 679. The highest BCUT2D eigenvalue weighted by atomic mass is 16.2. The van der Waals surface area contributed by atoms with Gasteiger partial charge in [0, 0.05) is 31.4 Å². The quantitative estimate of drug-likeness (QED) is 0.746. The van der Waals surface area contributed by atoms with E-state index in [1.807, 2.05) is 4.90 Å². The van der Waals surface area contributed by atoms with Crippen molar-refractivity contribution in [2.24, 2.45) is 5.92 Å². The Labute approximate surface area is 174 Å². The molecule has 0 radical (unpaired) electrons. The van der Waals surface area contributed by atoms with Gasteiger partial charge in [0.2, 0.25) is 0 Å². The number of carbonyl (C=O) groups excluding carboxylic acids is 2. The first kappa shape index (κ1) is 20.6. The van der Waals surface area contributed by atoms with Crippen molar-refractivity contribution in [3.05, 3.63) is 23.5 Å². The molecule has 1 N–H and O–H groups in total. The van der Waals surface area contributed by atoms with Crippen molar-refractivity contribution in [2.75, 3.05) is 52.4 Å². The van der Waals surface area contributed by atoms with Crippen LogP contribution in [0.1, 0.15) is 72.2 Å². The summed E-state index contributed by atoms with van der Waals surface area (Å²) < 4.78 is 0. The smallest absolute Gasteiger partial charge is 0.270 e. The van der Waals surface area contributed by atoms with Crippen molar-refractivity contribution in [1.29, 1.82) is 0 Å². The second-order valence-corrected chi connectivity index (χ2v) is 9.16. The van der Waals surface area contributed by atoms with E-state index in [1.165, 1.54) is 58.2 Å². The summed E-state index contributed by atoms with van der Waals surface area (Å²) in [6.07, 6.45) is 11.7. The molecule has 0 unspecified atom stereocenters. The van der Waals surface area contributed by atoms with Gasteiger partial charge in [-0.25, -0.2) is 0 Å². The van der Waals surface area contributed by atoms with Crippen LogP contribution in [0.15, 0.2) is 12.3 Å². The molecule has 3 aliphatic rings. The highest BCUT2D eigenvalue weighted by molar-refractivity contribution is 6.01. The number of piperidine rings is 1. The number of likely N-dealkylation sites (tertiary alicyclic amines) is 3. The van der Waals surface area contributed by atoms with E-state index in [-0.39, 0.29) is 11.7 Å². The molecule has 1 aromatic heterocycles. The summed E-state index contributed by atoms with van der Waals surface area (Å²) in [5.41, 5.74) is 1.19. The number of hydrogen-bond acceptors (Lipinski definition) is 4. The lowest BCUT2D eigenvalue weighted by molar-refractivity contribution is 0.0787. The summed E-state index contributed by atoms with van der Waals surface area (Å²) in [5, 5.41) is 0. The van der Waals surface area contributed by atoms with Gasteiger partial charge in [0.15, 0.2) is 5.78 Å². The van der Waals surface area contributed by atoms with Crippen LogP contribution in [0.25, 0.3) is 0 Å². The molecule has 29 heavy (non-hydrogen) atoms. The third-order valence-electron chi connectivity index (χ3n) is 6.92. The summed E-state index contributed by atoms with van der Waals surface area (Å²) in [7, 11) is 0. The fourth-order valence-electron chi connectivity index (χ4n) is 5.07. The van der Waals surface area contributed by atoms with Crippen LogP contribution in [0.2, 0.25) is 0 Å². The molecule has 3 fully saturated rings. The summed E-state index contributed by atoms with van der Waals surface area (Å²) in [5.74, 6) is 0.917. The van der Waals surface area contributed by atoms with Crippen molar-refractivity contribution in [1.82, 2.24) is 19.7 Å². The fourth-order valence-corrected chi connectivity index (χ4v) is 5.07. The number of ketones is 1. The molecule has 4 heterocycles. The zero-order chi connectivity index (χ0) is 20.1. The van der Waals surface area contributed by atoms with Crippen LogP contribution in [0.3, 0.4) is 0 Å². The van der Waals surface area contributed by atoms with Crippen LogP contribution in [0.4, 0.5) is 0 Å². The maximum Gasteiger partial charge on any atom is 0.270 e. The molecule has 0 aliphatic carbocycles. The number of Topliss-reactive ketones (excluding diaryl/α,β-unsaturated/α-hetero) is 1. The third-order valence-corrected chi connectivity index (χ3v) is 6.92. The Hall–Kier alpha value is -1.66. The summed E-state index contributed by atoms with van der Waals surface area (Å²) in [6.45, 7) is 7.91. The van der Waals surface area contributed by atoms with E-state index in [4.69, 9.17) is 0 Å². The predicted octanol–water partition coefficient (Wildman–Crippen LogP) is 3.02. The Kier molecular flexibility index (Phi) is 7.03. The van der Waals surface area contributed by atoms with Gasteiger partial charge in [0.05, 0.1) is 6.54 Å². The molecule has 0 atom stereocenters. The van der Waals surface area contributed by atoms with Crippen molar-refractivity contribution in [3.8, 4) is 0 Å². The summed E-state index contributed by atoms with van der Waals surface area (Å²) >= 11 is 0. The largest absolute Gasteiger partial charge is 0.356 e. The van der Waals surface area contributed by atoms with E-state index < -0.39 is 0 Å². The van der Waals surface area contributed by atoms with Gasteiger partial charge in [-0.05, 0) is 76.7 Å². The van der Waals surface area contributed by atoms with Crippen LogP contribution >= 0.6 is 0 Å². The Morgan fingerprint density at radius 3 is 2.21 bits per heavy atom. The van der Waals surface area contributed by atoms with E-state index in [0.717, 1.165) is 44.9 Å². The number of amides is 1. The van der Waals surface area contributed by atoms with Gasteiger partial charge >= 0.3 is 0 Å². The molecular formula is C23H36N4O2. The van der Waals surface area contributed by atoms with Gasteiger partial charge in [-0.1, -0.05) is 12.8 Å². The molecular weight excluding hydrogens is 364 g/mol. The third kappa shape index (κ3) is 5.48. The van der Waals surface area contributed by atoms with Crippen LogP contribution in [-0.2, 0) is 0 Å². The number of rotatable bonds is 6. The molecule has 0 spiro atoms. The van der Waals surface area contributed by atoms with Crippen molar-refractivity contribution >= 4 is 11.7 Å². The lowest BCUT2D eigenvalue weighted by Crippen LogP contribution is -2.41. The highest BCUT2D eigenvalue weighted by Gasteiger charge is 2.25. The van der Waals surface area contributed by atoms with E-state index >= 15 is 0 Å². The highest BCUT2D eigenvalue weighted by Crippen LogP contribution is 2.21. The number of nitrogens with one attached hydrogen (secondary N) is 1. The molecule has 160 valence electrons. The molecule has 0 bridgehead atoms. The number of nitrogens with zero attached hydrogens (tertiary/aromatic N) is 3. The molecule has 0 saturated carbocycles. The maximum atomic E-state index is 12.7. The SMILES string of the molecule is O=C(CN1CCC(CN2CCCCCC2)CC1)c1c[nH]c(C(=O)N2CCCC2)c1. The first-order valence-corrected chi connectivity index (χ1v) is 11.6. The van der Waals surface area contributed by atoms with Gasteiger partial charge in [-0.3, -0.25) is 14.5 Å². The Balaban J connectivity index is 1.22. The van der Waals surface area contributed by atoms with Crippen molar-refractivity contribution in [3.63, 3.8) is 0 Å². The molecule has 6 nitrogen and oxygen atoms in total. The van der Waals surface area contributed by atoms with Crippen LogP contribution in [0.5, 0.6) is 0 Å². The van der Waals surface area contributed by atoms with E-state index in [2.05, 4.69) is 14.8 Å². The van der Waals surface area contributed by atoms with Crippen molar-refractivity contribution < 1.29 is 9.59 Å². The Morgan fingerprint density at radius 2 is 1.52 bits per heavy atom. The van der Waals surface area contributed by atoms with Gasteiger partial charge in [0.1, 0.15) is 5.69 Å². The topological polar surface area (TPSA) is 59.7 Å². The average molecular weight is 401 g/mol. The standard InChI is InChI=1S/C23H36N4O2/c28-22(20-15-21(24-16-20)23(29)27-11-5-6-12-27)18-26-13-7-19(8-14-26)17-25-9-3-1-2-4-10-25/h15-16,19,24H,1-14,17-18H2. The number of aromatic amines is 1. The first-order valence-electron chi connectivity index (χ1n) is 11.6. The normalized spacial score (nSPS) is 22.7.